The molecule has 1 fully saturated rings. The molecular formula is C28H27Cl2N3O4S2. The molecule has 2 heterocycles. The van der Waals surface area contributed by atoms with Crippen molar-refractivity contribution in [2.24, 2.45) is 0 Å². The van der Waals surface area contributed by atoms with E-state index in [4.69, 9.17) is 40.2 Å². The summed E-state index contributed by atoms with van der Waals surface area (Å²) in [5, 5.41) is 1.03. The van der Waals surface area contributed by atoms with E-state index in [1.165, 1.54) is 22.2 Å². The number of rotatable bonds is 6. The van der Waals surface area contributed by atoms with Crippen LogP contribution in [0.2, 0.25) is 10.0 Å². The molecule has 7 nitrogen and oxygen atoms in total. The van der Waals surface area contributed by atoms with E-state index in [2.05, 4.69) is 24.3 Å². The third kappa shape index (κ3) is 6.11. The van der Waals surface area contributed by atoms with Crippen LogP contribution in [0.5, 0.6) is 0 Å². The Morgan fingerprint density at radius 2 is 2.00 bits per heavy atom. The average molecular weight is 605 g/mol. The number of aryl methyl sites for hydroxylation is 1. The summed E-state index contributed by atoms with van der Waals surface area (Å²) in [6.45, 7) is 1.10. The molecule has 0 N–H and O–H groups in total. The summed E-state index contributed by atoms with van der Waals surface area (Å²) < 4.78 is 6.02. The van der Waals surface area contributed by atoms with Gasteiger partial charge in [-0.1, -0.05) is 65.4 Å². The molecule has 1 saturated heterocycles. The Labute approximate surface area is 247 Å². The van der Waals surface area contributed by atoms with E-state index in [0.717, 1.165) is 29.5 Å². The lowest BCUT2D eigenvalue weighted by Crippen LogP contribution is -2.43. The van der Waals surface area contributed by atoms with Crippen LogP contribution in [-0.2, 0) is 27.4 Å². The van der Waals surface area contributed by atoms with E-state index in [1.54, 1.807) is 35.0 Å². The molecule has 1 atom stereocenters. The van der Waals surface area contributed by atoms with Crippen LogP contribution < -0.4 is 0 Å². The number of nitrogens with zero attached hydrogens (tertiary/aromatic N) is 3. The normalized spacial score (nSPS) is 18.7. The number of thioether (sulfide) groups is 1. The molecule has 0 aromatic heterocycles. The van der Waals surface area contributed by atoms with E-state index < -0.39 is 6.09 Å². The summed E-state index contributed by atoms with van der Waals surface area (Å²) in [5.41, 5.74) is 5.25. The maximum Gasteiger partial charge on any atom is 0.410 e. The monoisotopic (exact) mass is 603 g/mol. The SMILES string of the molecule is CN(C(=O)OCc1cc(Cl)ccc1Cl)C1CCc2ccc(C3=CCN(C(=O)CN4C(=O)CSC4=S)CC3)cc21. The van der Waals surface area contributed by atoms with E-state index in [9.17, 15) is 14.4 Å². The second-order valence-electron chi connectivity index (χ2n) is 9.72. The van der Waals surface area contributed by atoms with Gasteiger partial charge in [0.25, 0.3) is 0 Å². The Hall–Kier alpha value is -2.59. The lowest BCUT2D eigenvalue weighted by molar-refractivity contribution is -0.135. The van der Waals surface area contributed by atoms with Gasteiger partial charge in [-0.3, -0.25) is 14.5 Å². The predicted molar refractivity (Wildman–Crippen MR) is 158 cm³/mol. The molecule has 1 aliphatic carbocycles. The van der Waals surface area contributed by atoms with Gasteiger partial charge < -0.3 is 14.5 Å². The molecule has 0 bridgehead atoms. The van der Waals surface area contributed by atoms with Crippen LogP contribution in [0.1, 0.15) is 41.1 Å². The summed E-state index contributed by atoms with van der Waals surface area (Å²) in [6.07, 6.45) is 4.06. The number of fused-ring (bicyclic) bond motifs is 1. The Bertz CT molecular complexity index is 1370. The third-order valence-corrected chi connectivity index (χ3v) is 9.41. The van der Waals surface area contributed by atoms with Crippen molar-refractivity contribution in [3.63, 3.8) is 0 Å². The Kier molecular flexibility index (Phi) is 8.52. The predicted octanol–water partition coefficient (Wildman–Crippen LogP) is 5.73. The number of thiocarbonyl (C=S) groups is 1. The minimum absolute atomic E-state index is 0.000314. The highest BCUT2D eigenvalue weighted by molar-refractivity contribution is 8.23. The molecule has 39 heavy (non-hydrogen) atoms. The van der Waals surface area contributed by atoms with Crippen LogP contribution in [0.15, 0.2) is 42.5 Å². The summed E-state index contributed by atoms with van der Waals surface area (Å²) in [5.74, 6) is 0.0941. The molecule has 0 spiro atoms. The number of hydrogen-bond donors (Lipinski definition) is 0. The lowest BCUT2D eigenvalue weighted by Gasteiger charge is -2.29. The number of ether oxygens (including phenoxy) is 1. The van der Waals surface area contributed by atoms with Gasteiger partial charge in [0.1, 0.15) is 17.5 Å². The van der Waals surface area contributed by atoms with Gasteiger partial charge in [-0.05, 0) is 65.8 Å². The maximum atomic E-state index is 12.9. The molecule has 2 aromatic carbocycles. The summed E-state index contributed by atoms with van der Waals surface area (Å²) in [6, 6.07) is 11.4. The van der Waals surface area contributed by atoms with Crippen molar-refractivity contribution >= 4 is 75.0 Å². The van der Waals surface area contributed by atoms with Gasteiger partial charge in [-0.15, -0.1) is 0 Å². The van der Waals surface area contributed by atoms with Crippen LogP contribution in [0.3, 0.4) is 0 Å². The van der Waals surface area contributed by atoms with Crippen molar-refractivity contribution in [1.29, 1.82) is 0 Å². The fraction of sp³-hybridized carbons (Fsp3) is 0.357. The highest BCUT2D eigenvalue weighted by Gasteiger charge is 2.32. The molecule has 204 valence electrons. The fourth-order valence-corrected chi connectivity index (χ4v) is 6.57. The summed E-state index contributed by atoms with van der Waals surface area (Å²) >= 11 is 18.7. The first-order chi connectivity index (χ1) is 18.7. The minimum atomic E-state index is -0.422. The topological polar surface area (TPSA) is 70.2 Å². The molecule has 3 amide bonds. The highest BCUT2D eigenvalue weighted by atomic mass is 35.5. The second kappa shape index (κ2) is 11.9. The molecule has 5 rings (SSSR count). The van der Waals surface area contributed by atoms with Crippen molar-refractivity contribution in [3.8, 4) is 0 Å². The van der Waals surface area contributed by atoms with Gasteiger partial charge in [-0.25, -0.2) is 4.79 Å². The van der Waals surface area contributed by atoms with Gasteiger partial charge in [-0.2, -0.15) is 0 Å². The maximum absolute atomic E-state index is 12.9. The first-order valence-electron chi connectivity index (χ1n) is 12.6. The van der Waals surface area contributed by atoms with E-state index in [1.807, 2.05) is 0 Å². The standard InChI is InChI=1S/C28H27Cl2N3O4S2/c1-31(27(36)37-15-20-12-21(29)5-6-23(20)30)24-7-4-18-2-3-19(13-22(18)24)17-8-10-32(11-9-17)25(34)14-33-26(35)16-39-28(33)38/h2-3,5-6,8,12-13,24H,4,7,9-11,14-16H2,1H3. The van der Waals surface area contributed by atoms with Crippen LogP contribution in [0, 0.1) is 0 Å². The van der Waals surface area contributed by atoms with Crippen LogP contribution >= 0.6 is 47.2 Å². The van der Waals surface area contributed by atoms with Crippen LogP contribution in [-0.4, -0.2) is 69.4 Å². The van der Waals surface area contributed by atoms with Gasteiger partial charge >= 0.3 is 6.09 Å². The molecule has 1 unspecified atom stereocenters. The van der Waals surface area contributed by atoms with E-state index >= 15 is 0 Å². The zero-order valence-electron chi connectivity index (χ0n) is 21.3. The Balaban J connectivity index is 1.22. The molecule has 2 aliphatic heterocycles. The van der Waals surface area contributed by atoms with Crippen molar-refractivity contribution in [2.75, 3.05) is 32.4 Å². The molecule has 11 heteroatoms. The van der Waals surface area contributed by atoms with Crippen molar-refractivity contribution < 1.29 is 19.1 Å². The number of amides is 3. The quantitative estimate of drug-likeness (QED) is 0.393. The van der Waals surface area contributed by atoms with Crippen LogP contribution in [0.25, 0.3) is 5.57 Å². The Morgan fingerprint density at radius 3 is 2.72 bits per heavy atom. The number of halogens is 2. The average Bonchev–Trinajstić information content (AvgIpc) is 3.51. The van der Waals surface area contributed by atoms with E-state index in [-0.39, 0.29) is 31.0 Å². The highest BCUT2D eigenvalue weighted by Crippen LogP contribution is 2.38. The number of hydrogen-bond acceptors (Lipinski definition) is 6. The minimum Gasteiger partial charge on any atom is -0.444 e. The van der Waals surface area contributed by atoms with Crippen molar-refractivity contribution in [3.05, 3.63) is 74.8 Å². The third-order valence-electron chi connectivity index (χ3n) is 7.37. The molecule has 0 saturated carbocycles. The summed E-state index contributed by atoms with van der Waals surface area (Å²) in [4.78, 5) is 42.4. The molecule has 2 aromatic rings. The van der Waals surface area contributed by atoms with Crippen molar-refractivity contribution in [2.45, 2.75) is 31.9 Å². The van der Waals surface area contributed by atoms with E-state index in [0.29, 0.717) is 45.2 Å². The summed E-state index contributed by atoms with van der Waals surface area (Å²) in [7, 11) is 1.76. The van der Waals surface area contributed by atoms with Crippen LogP contribution in [0.4, 0.5) is 4.79 Å². The molecular weight excluding hydrogens is 577 g/mol. The Morgan fingerprint density at radius 1 is 1.18 bits per heavy atom. The number of carbonyl (C=O) groups excluding carboxylic acids is 3. The second-order valence-corrected chi connectivity index (χ2v) is 12.2. The van der Waals surface area contributed by atoms with Crippen molar-refractivity contribution in [1.82, 2.24) is 14.7 Å². The first kappa shape index (κ1) is 28.0. The lowest BCUT2D eigenvalue weighted by atomic mass is 9.95. The fourth-order valence-electron chi connectivity index (χ4n) is 5.13. The molecule has 0 radical (unpaired) electrons. The number of benzene rings is 2. The van der Waals surface area contributed by atoms with Gasteiger partial charge in [0.2, 0.25) is 11.8 Å². The largest absolute Gasteiger partial charge is 0.444 e. The smallest absolute Gasteiger partial charge is 0.410 e. The van der Waals surface area contributed by atoms with Gasteiger partial charge in [0.05, 0.1) is 11.8 Å². The zero-order valence-corrected chi connectivity index (χ0v) is 24.5. The first-order valence-corrected chi connectivity index (χ1v) is 14.8. The van der Waals surface area contributed by atoms with Gasteiger partial charge in [0.15, 0.2) is 0 Å². The zero-order chi connectivity index (χ0) is 27.7. The molecule has 3 aliphatic rings. The van der Waals surface area contributed by atoms with Gasteiger partial charge in [0, 0.05) is 35.7 Å². The number of carbonyl (C=O) groups is 3.